The van der Waals surface area contributed by atoms with E-state index in [0.29, 0.717) is 13.2 Å². The van der Waals surface area contributed by atoms with Crippen LogP contribution in [0.5, 0.6) is 0 Å². The highest BCUT2D eigenvalue weighted by Crippen LogP contribution is 2.02. The zero-order chi connectivity index (χ0) is 11.1. The maximum Gasteiger partial charge on any atom is 0.337 e. The summed E-state index contributed by atoms with van der Waals surface area (Å²) < 4.78 is 5.28. The van der Waals surface area contributed by atoms with Crippen molar-refractivity contribution in [2.24, 2.45) is 0 Å². The Morgan fingerprint density at radius 3 is 2.93 bits per heavy atom. The summed E-state index contributed by atoms with van der Waals surface area (Å²) in [4.78, 5) is 14.5. The van der Waals surface area contributed by atoms with Crippen LogP contribution in [0.15, 0.2) is 31.0 Å². The van der Waals surface area contributed by atoms with E-state index in [-0.39, 0.29) is 5.56 Å². The molecular formula is C11H13NO3. The lowest BCUT2D eigenvalue weighted by molar-refractivity contribution is 0.0696. The minimum absolute atomic E-state index is 0.185. The van der Waals surface area contributed by atoms with Gasteiger partial charge in [-0.3, -0.25) is 4.98 Å². The maximum atomic E-state index is 10.5. The second-order valence-corrected chi connectivity index (χ2v) is 2.97. The smallest absolute Gasteiger partial charge is 0.337 e. The molecule has 1 aromatic rings. The lowest BCUT2D eigenvalue weighted by atomic mass is 10.2. The van der Waals surface area contributed by atoms with Crippen molar-refractivity contribution < 1.29 is 14.6 Å². The lowest BCUT2D eigenvalue weighted by Gasteiger charge is -2.02. The fourth-order valence-electron chi connectivity index (χ4n) is 0.980. The highest BCUT2D eigenvalue weighted by molar-refractivity contribution is 5.87. The predicted octanol–water partition coefficient (Wildman–Crippen LogP) is 1.87. The first-order chi connectivity index (χ1) is 7.24. The van der Waals surface area contributed by atoms with Gasteiger partial charge in [0.05, 0.1) is 24.5 Å². The van der Waals surface area contributed by atoms with Gasteiger partial charge in [0.1, 0.15) is 0 Å². The first-order valence-corrected chi connectivity index (χ1v) is 4.61. The number of rotatable bonds is 6. The van der Waals surface area contributed by atoms with Crippen molar-refractivity contribution in [3.63, 3.8) is 0 Å². The van der Waals surface area contributed by atoms with Gasteiger partial charge in [-0.15, -0.1) is 6.58 Å². The predicted molar refractivity (Wildman–Crippen MR) is 55.7 cm³/mol. The van der Waals surface area contributed by atoms with Gasteiger partial charge >= 0.3 is 5.97 Å². The number of pyridine rings is 1. The molecule has 1 aromatic heterocycles. The number of hydrogen-bond acceptors (Lipinski definition) is 3. The summed E-state index contributed by atoms with van der Waals surface area (Å²) in [5, 5.41) is 8.64. The fourth-order valence-corrected chi connectivity index (χ4v) is 0.980. The summed E-state index contributed by atoms with van der Waals surface area (Å²) in [6.45, 7) is 4.57. The number of hydrogen-bond donors (Lipinski definition) is 1. The first-order valence-electron chi connectivity index (χ1n) is 4.61. The van der Waals surface area contributed by atoms with Gasteiger partial charge < -0.3 is 9.84 Å². The number of aromatic nitrogens is 1. The molecule has 0 saturated heterocycles. The molecule has 0 bridgehead atoms. The molecule has 0 saturated carbocycles. The van der Waals surface area contributed by atoms with E-state index in [0.717, 1.165) is 12.1 Å². The molecule has 0 aliphatic carbocycles. The van der Waals surface area contributed by atoms with Gasteiger partial charge in [-0.05, 0) is 18.6 Å². The normalized spacial score (nSPS) is 9.87. The number of carboxylic acids is 1. The Labute approximate surface area is 88.2 Å². The van der Waals surface area contributed by atoms with E-state index in [1.165, 1.54) is 12.3 Å². The Morgan fingerprint density at radius 2 is 2.40 bits per heavy atom. The van der Waals surface area contributed by atoms with Crippen LogP contribution in [0.2, 0.25) is 0 Å². The van der Waals surface area contributed by atoms with Gasteiger partial charge in [0, 0.05) is 6.20 Å². The van der Waals surface area contributed by atoms with Crippen molar-refractivity contribution in [3.05, 3.63) is 42.2 Å². The molecule has 1 heterocycles. The number of carbonyl (C=O) groups is 1. The molecule has 0 aromatic carbocycles. The van der Waals surface area contributed by atoms with Crippen molar-refractivity contribution in [1.82, 2.24) is 4.98 Å². The average Bonchev–Trinajstić information content (AvgIpc) is 2.25. The molecule has 0 aliphatic heterocycles. The molecule has 4 heteroatoms. The summed E-state index contributed by atoms with van der Waals surface area (Å²) >= 11 is 0. The average molecular weight is 207 g/mol. The van der Waals surface area contributed by atoms with Crippen LogP contribution in [0.4, 0.5) is 0 Å². The van der Waals surface area contributed by atoms with Crippen molar-refractivity contribution in [2.75, 3.05) is 6.61 Å². The summed E-state index contributed by atoms with van der Waals surface area (Å²) in [5.41, 5.74) is 0.911. The van der Waals surface area contributed by atoms with Gasteiger partial charge in [-0.2, -0.15) is 0 Å². The highest BCUT2D eigenvalue weighted by atomic mass is 16.5. The molecule has 0 fully saturated rings. The van der Waals surface area contributed by atoms with Gasteiger partial charge in [0.2, 0.25) is 0 Å². The molecule has 80 valence electrons. The van der Waals surface area contributed by atoms with Gasteiger partial charge in [0.15, 0.2) is 0 Å². The number of aromatic carboxylic acids is 1. The van der Waals surface area contributed by atoms with Crippen LogP contribution in [0.1, 0.15) is 22.5 Å². The van der Waals surface area contributed by atoms with E-state index in [9.17, 15) is 4.79 Å². The molecule has 15 heavy (non-hydrogen) atoms. The largest absolute Gasteiger partial charge is 0.478 e. The molecular weight excluding hydrogens is 194 g/mol. The summed E-state index contributed by atoms with van der Waals surface area (Å²) in [6.07, 6.45) is 3.91. The van der Waals surface area contributed by atoms with Crippen LogP contribution < -0.4 is 0 Å². The van der Waals surface area contributed by atoms with Crippen LogP contribution in [-0.4, -0.2) is 22.7 Å². The number of nitrogens with zero attached hydrogens (tertiary/aromatic N) is 1. The molecule has 0 unspecified atom stereocenters. The minimum Gasteiger partial charge on any atom is -0.478 e. The molecule has 0 aliphatic rings. The van der Waals surface area contributed by atoms with Crippen LogP contribution in [0.3, 0.4) is 0 Å². The molecule has 0 atom stereocenters. The van der Waals surface area contributed by atoms with E-state index in [1.807, 2.05) is 0 Å². The maximum absolute atomic E-state index is 10.5. The molecule has 1 N–H and O–H groups in total. The highest BCUT2D eigenvalue weighted by Gasteiger charge is 2.02. The van der Waals surface area contributed by atoms with E-state index >= 15 is 0 Å². The Morgan fingerprint density at radius 1 is 1.60 bits per heavy atom. The zero-order valence-electron chi connectivity index (χ0n) is 8.35. The van der Waals surface area contributed by atoms with E-state index < -0.39 is 5.97 Å². The Hall–Kier alpha value is -1.68. The Balaban J connectivity index is 2.42. The van der Waals surface area contributed by atoms with Crippen LogP contribution in [0, 0.1) is 0 Å². The van der Waals surface area contributed by atoms with E-state index in [2.05, 4.69) is 11.6 Å². The third-order valence-corrected chi connectivity index (χ3v) is 1.79. The number of carboxylic acid groups (broad SMARTS) is 1. The minimum atomic E-state index is -0.971. The molecule has 0 radical (unpaired) electrons. The van der Waals surface area contributed by atoms with Crippen molar-refractivity contribution in [1.29, 1.82) is 0 Å². The second kappa shape index (κ2) is 5.93. The Bertz CT molecular complexity index is 332. The van der Waals surface area contributed by atoms with E-state index in [1.54, 1.807) is 12.1 Å². The van der Waals surface area contributed by atoms with Crippen LogP contribution >= 0.6 is 0 Å². The SMILES string of the molecule is C=CCCOCc1ccc(C(=O)O)cn1. The quantitative estimate of drug-likeness (QED) is 0.571. The second-order valence-electron chi connectivity index (χ2n) is 2.97. The van der Waals surface area contributed by atoms with Gasteiger partial charge in [0.25, 0.3) is 0 Å². The molecule has 1 rings (SSSR count). The third-order valence-electron chi connectivity index (χ3n) is 1.79. The Kier molecular flexibility index (Phi) is 4.50. The zero-order valence-corrected chi connectivity index (χ0v) is 8.35. The summed E-state index contributed by atoms with van der Waals surface area (Å²) in [7, 11) is 0. The van der Waals surface area contributed by atoms with Crippen LogP contribution in [0.25, 0.3) is 0 Å². The monoisotopic (exact) mass is 207 g/mol. The lowest BCUT2D eigenvalue weighted by Crippen LogP contribution is -2.00. The summed E-state index contributed by atoms with van der Waals surface area (Å²) in [6, 6.07) is 3.17. The van der Waals surface area contributed by atoms with Crippen molar-refractivity contribution in [2.45, 2.75) is 13.0 Å². The fraction of sp³-hybridized carbons (Fsp3) is 0.273. The molecule has 0 spiro atoms. The van der Waals surface area contributed by atoms with Gasteiger partial charge in [-0.1, -0.05) is 6.08 Å². The number of ether oxygens (including phenoxy) is 1. The molecule has 4 nitrogen and oxygen atoms in total. The first kappa shape index (κ1) is 11.4. The van der Waals surface area contributed by atoms with Crippen molar-refractivity contribution in [3.8, 4) is 0 Å². The van der Waals surface area contributed by atoms with E-state index in [4.69, 9.17) is 9.84 Å². The summed E-state index contributed by atoms with van der Waals surface area (Å²) in [5.74, 6) is -0.971. The standard InChI is InChI=1S/C11H13NO3/c1-2-3-6-15-8-10-5-4-9(7-12-10)11(13)14/h2,4-5,7H,1,3,6,8H2,(H,13,14). The van der Waals surface area contributed by atoms with Gasteiger partial charge in [-0.25, -0.2) is 4.79 Å². The van der Waals surface area contributed by atoms with Crippen molar-refractivity contribution >= 4 is 5.97 Å². The van der Waals surface area contributed by atoms with Crippen LogP contribution in [-0.2, 0) is 11.3 Å². The molecule has 0 amide bonds. The third kappa shape index (κ3) is 3.91. The topological polar surface area (TPSA) is 59.4 Å².